The topological polar surface area (TPSA) is 75.9 Å². The fourth-order valence-corrected chi connectivity index (χ4v) is 2.85. The Balaban J connectivity index is 3.08. The van der Waals surface area contributed by atoms with Gasteiger partial charge in [0.05, 0.1) is 0 Å². The molecule has 5 heteroatoms. The number of nitrogen functional groups attached to an aromatic ring is 1. The van der Waals surface area contributed by atoms with Crippen LogP contribution in [0, 0.1) is 12.3 Å². The molecule has 0 atom stereocenters. The molecule has 21 heavy (non-hydrogen) atoms. The van der Waals surface area contributed by atoms with Crippen LogP contribution in [0.15, 0.2) is 0 Å². The number of hydrazine groups is 1. The summed E-state index contributed by atoms with van der Waals surface area (Å²) >= 11 is 0. The molecule has 1 aromatic rings. The quantitative estimate of drug-likeness (QED) is 0.551. The lowest BCUT2D eigenvalue weighted by atomic mass is 9.82. The summed E-state index contributed by atoms with van der Waals surface area (Å²) in [4.78, 5) is 9.13. The van der Waals surface area contributed by atoms with Crippen LogP contribution in [0.2, 0.25) is 0 Å². The average Bonchev–Trinajstić information content (AvgIpc) is 2.29. The van der Waals surface area contributed by atoms with Gasteiger partial charge in [0, 0.05) is 17.5 Å². The predicted octanol–water partition coefficient (Wildman–Crippen LogP) is 3.65. The van der Waals surface area contributed by atoms with Crippen LogP contribution in [0.5, 0.6) is 0 Å². The van der Waals surface area contributed by atoms with E-state index in [2.05, 4.69) is 62.3 Å². The normalized spacial score (nSPS) is 12.4. The molecular formula is C16H31N5. The van der Waals surface area contributed by atoms with Crippen LogP contribution >= 0.6 is 0 Å². The van der Waals surface area contributed by atoms with E-state index in [1.165, 1.54) is 0 Å². The third-order valence-electron chi connectivity index (χ3n) is 3.23. The van der Waals surface area contributed by atoms with Gasteiger partial charge in [-0.3, -0.25) is 0 Å². The number of nitrogens with two attached hydrogens (primary N) is 1. The zero-order valence-electron chi connectivity index (χ0n) is 14.6. The first-order chi connectivity index (χ1) is 9.58. The van der Waals surface area contributed by atoms with E-state index >= 15 is 0 Å². The fraction of sp³-hybridized carbons (Fsp3) is 0.750. The Morgan fingerprint density at radius 2 is 1.62 bits per heavy atom. The summed E-state index contributed by atoms with van der Waals surface area (Å²) in [7, 11) is 0. The van der Waals surface area contributed by atoms with E-state index in [4.69, 9.17) is 5.84 Å². The second kappa shape index (κ2) is 6.60. The summed E-state index contributed by atoms with van der Waals surface area (Å²) in [6, 6.07) is 0. The van der Waals surface area contributed by atoms with Crippen LogP contribution in [0.3, 0.4) is 0 Å². The Morgan fingerprint density at radius 1 is 1.05 bits per heavy atom. The largest absolute Gasteiger partial charge is 0.365 e. The van der Waals surface area contributed by atoms with Gasteiger partial charge in [-0.1, -0.05) is 27.7 Å². The molecule has 0 aliphatic rings. The predicted molar refractivity (Wildman–Crippen MR) is 90.3 cm³/mol. The third kappa shape index (κ3) is 5.50. The van der Waals surface area contributed by atoms with Crippen molar-refractivity contribution in [2.45, 2.75) is 73.3 Å². The van der Waals surface area contributed by atoms with Gasteiger partial charge < -0.3 is 10.7 Å². The summed E-state index contributed by atoms with van der Waals surface area (Å²) in [5, 5.41) is 3.57. The molecule has 0 bridgehead atoms. The van der Waals surface area contributed by atoms with Crippen molar-refractivity contribution in [1.82, 2.24) is 9.97 Å². The van der Waals surface area contributed by atoms with Crippen molar-refractivity contribution in [3.05, 3.63) is 11.4 Å². The van der Waals surface area contributed by atoms with Gasteiger partial charge in [-0.25, -0.2) is 15.8 Å². The van der Waals surface area contributed by atoms with Gasteiger partial charge >= 0.3 is 0 Å². The average molecular weight is 293 g/mol. The molecule has 1 aromatic heterocycles. The highest BCUT2D eigenvalue weighted by Gasteiger charge is 2.26. The highest BCUT2D eigenvalue weighted by Crippen LogP contribution is 2.31. The monoisotopic (exact) mass is 293 g/mol. The molecule has 1 rings (SSSR count). The number of nitrogens with zero attached hydrogens (tertiary/aromatic N) is 2. The molecule has 0 unspecified atom stereocenters. The Kier molecular flexibility index (Phi) is 5.56. The van der Waals surface area contributed by atoms with E-state index in [9.17, 15) is 0 Å². The number of anilines is 2. The minimum atomic E-state index is -0.0489. The van der Waals surface area contributed by atoms with Gasteiger partial charge in [-0.2, -0.15) is 0 Å². The number of aryl methyl sites for hydroxylation is 1. The summed E-state index contributed by atoms with van der Waals surface area (Å²) in [6.45, 7) is 15.3. The van der Waals surface area contributed by atoms with Crippen LogP contribution < -0.4 is 16.6 Å². The van der Waals surface area contributed by atoms with Crippen molar-refractivity contribution in [2.75, 3.05) is 10.7 Å². The zero-order valence-corrected chi connectivity index (χ0v) is 14.6. The van der Waals surface area contributed by atoms with Gasteiger partial charge in [-0.05, 0) is 39.0 Å². The fourth-order valence-electron chi connectivity index (χ4n) is 2.85. The van der Waals surface area contributed by atoms with Crippen molar-refractivity contribution in [3.63, 3.8) is 0 Å². The number of nitrogens with one attached hydrogen (secondary N) is 2. The molecule has 120 valence electrons. The lowest BCUT2D eigenvalue weighted by Crippen LogP contribution is -2.36. The van der Waals surface area contributed by atoms with Crippen molar-refractivity contribution < 1.29 is 0 Å². The van der Waals surface area contributed by atoms with Gasteiger partial charge in [0.15, 0.2) is 0 Å². The lowest BCUT2D eigenvalue weighted by molar-refractivity contribution is 0.302. The standard InChI is InChI=1S/C16H31N5/c1-8-9-12-18-13(11(2)14(19-12)21-17)20-16(6,7)10-15(3,4)5/h8-10,17H2,1-7H3,(H2,18,19,20,21). The highest BCUT2D eigenvalue weighted by molar-refractivity contribution is 5.57. The van der Waals surface area contributed by atoms with E-state index in [1.54, 1.807) is 0 Å². The minimum absolute atomic E-state index is 0.0489. The Bertz CT molecular complexity index is 474. The molecule has 0 amide bonds. The zero-order chi connectivity index (χ0) is 16.3. The second-order valence-corrected chi connectivity index (χ2v) is 7.60. The van der Waals surface area contributed by atoms with E-state index < -0.39 is 0 Å². The van der Waals surface area contributed by atoms with E-state index in [0.717, 1.165) is 36.5 Å². The molecule has 0 spiro atoms. The Hall–Kier alpha value is -1.36. The van der Waals surface area contributed by atoms with E-state index in [-0.39, 0.29) is 11.0 Å². The summed E-state index contributed by atoms with van der Waals surface area (Å²) in [5.41, 5.74) is 3.83. The summed E-state index contributed by atoms with van der Waals surface area (Å²) in [6.07, 6.45) is 2.90. The molecule has 0 aromatic carbocycles. The Labute approximate surface area is 129 Å². The number of rotatable bonds is 6. The first-order valence-electron chi connectivity index (χ1n) is 7.70. The molecule has 0 fully saturated rings. The van der Waals surface area contributed by atoms with Crippen molar-refractivity contribution in [1.29, 1.82) is 0 Å². The molecule has 0 aliphatic carbocycles. The summed E-state index contributed by atoms with van der Waals surface area (Å²) < 4.78 is 0. The van der Waals surface area contributed by atoms with Gasteiger partial charge in [0.1, 0.15) is 17.5 Å². The number of hydrogen-bond acceptors (Lipinski definition) is 5. The molecule has 0 aliphatic heterocycles. The number of hydrogen-bond donors (Lipinski definition) is 3. The maximum atomic E-state index is 5.58. The van der Waals surface area contributed by atoms with E-state index in [0.29, 0.717) is 5.82 Å². The highest BCUT2D eigenvalue weighted by atomic mass is 15.3. The molecule has 0 radical (unpaired) electrons. The minimum Gasteiger partial charge on any atom is -0.365 e. The van der Waals surface area contributed by atoms with Crippen molar-refractivity contribution >= 4 is 11.6 Å². The van der Waals surface area contributed by atoms with Gasteiger partial charge in [-0.15, -0.1) is 0 Å². The summed E-state index contributed by atoms with van der Waals surface area (Å²) in [5.74, 6) is 7.97. The lowest BCUT2D eigenvalue weighted by Gasteiger charge is -2.34. The first-order valence-corrected chi connectivity index (χ1v) is 7.70. The molecule has 4 N–H and O–H groups in total. The van der Waals surface area contributed by atoms with Crippen LogP contribution in [0.25, 0.3) is 0 Å². The van der Waals surface area contributed by atoms with Gasteiger partial charge in [0.2, 0.25) is 0 Å². The smallest absolute Gasteiger partial charge is 0.148 e. The molecule has 0 saturated heterocycles. The molecular weight excluding hydrogens is 262 g/mol. The molecule has 0 saturated carbocycles. The third-order valence-corrected chi connectivity index (χ3v) is 3.23. The van der Waals surface area contributed by atoms with Crippen LogP contribution in [-0.4, -0.2) is 15.5 Å². The Morgan fingerprint density at radius 3 is 2.10 bits per heavy atom. The maximum Gasteiger partial charge on any atom is 0.148 e. The number of aromatic nitrogens is 2. The first kappa shape index (κ1) is 17.7. The molecule has 5 nitrogen and oxygen atoms in total. The van der Waals surface area contributed by atoms with Crippen molar-refractivity contribution in [3.8, 4) is 0 Å². The van der Waals surface area contributed by atoms with Gasteiger partial charge in [0.25, 0.3) is 0 Å². The van der Waals surface area contributed by atoms with Crippen molar-refractivity contribution in [2.24, 2.45) is 11.3 Å². The maximum absolute atomic E-state index is 5.58. The van der Waals surface area contributed by atoms with Crippen LogP contribution in [-0.2, 0) is 6.42 Å². The van der Waals surface area contributed by atoms with E-state index in [1.807, 2.05) is 6.92 Å². The SMILES string of the molecule is CCCc1nc(NN)c(C)c(NC(C)(C)CC(C)(C)C)n1. The van der Waals surface area contributed by atoms with Crippen LogP contribution in [0.4, 0.5) is 11.6 Å². The molecule has 1 heterocycles. The second-order valence-electron chi connectivity index (χ2n) is 7.60. The van der Waals surface area contributed by atoms with Crippen LogP contribution in [0.1, 0.15) is 65.8 Å².